The summed E-state index contributed by atoms with van der Waals surface area (Å²) in [7, 11) is -1.61. The molecular formula is C42H57Cl3N4O13Si. The van der Waals surface area contributed by atoms with Crippen LogP contribution in [-0.2, 0) is 52.0 Å². The van der Waals surface area contributed by atoms with Gasteiger partial charge in [0.15, 0.2) is 26.8 Å². The maximum Gasteiger partial charge on any atom is 0.338 e. The summed E-state index contributed by atoms with van der Waals surface area (Å²) in [4.78, 5) is 42.6. The minimum absolute atomic E-state index is 0.203. The number of hydrogen-bond acceptors (Lipinski definition) is 15. The van der Waals surface area contributed by atoms with Crippen LogP contribution in [0.2, 0.25) is 18.1 Å². The number of rotatable bonds is 22. The summed E-state index contributed by atoms with van der Waals surface area (Å²) in [6, 6.07) is 18.0. The molecule has 0 aromatic heterocycles. The molecule has 0 spiro atoms. The van der Waals surface area contributed by atoms with Gasteiger partial charge in [-0.05, 0) is 47.9 Å². The molecule has 2 fully saturated rings. The molecular weight excluding hydrogens is 903 g/mol. The summed E-state index contributed by atoms with van der Waals surface area (Å²) >= 11 is 17.9. The van der Waals surface area contributed by atoms with Gasteiger partial charge in [-0.25, -0.2) is 4.79 Å². The molecule has 2 aliphatic rings. The van der Waals surface area contributed by atoms with Gasteiger partial charge in [0.05, 0.1) is 7.11 Å². The van der Waals surface area contributed by atoms with Gasteiger partial charge >= 0.3 is 17.9 Å². The number of esters is 3. The molecule has 10 atom stereocenters. The average molecular weight is 960 g/mol. The van der Waals surface area contributed by atoms with E-state index in [1.54, 1.807) is 60.7 Å². The smallest absolute Gasteiger partial charge is 0.338 e. The average Bonchev–Trinajstić information content (AvgIpc) is 3.25. The minimum Gasteiger partial charge on any atom is -0.487 e. The first-order chi connectivity index (χ1) is 30.1. The Bertz CT molecular complexity index is 1810. The van der Waals surface area contributed by atoms with Gasteiger partial charge in [0.1, 0.15) is 35.9 Å². The van der Waals surface area contributed by atoms with Gasteiger partial charge in [-0.2, -0.15) is 0 Å². The largest absolute Gasteiger partial charge is 0.487 e. The standard InChI is InChI=1S/C42H57Cl3N4O13Si/c1-7-10-23-63(24-11-8-2,25-12-9-3)62-36-31(56-28-19-15-13-16-20-28)30(48-49-47)38(60-40(36)55-27(5)51)58-32-33(57-29-21-17-14-18-22-29)35(54-26(4)50)39(59-34(32)37(52)53-6)61-41(46)42(43,44)45/h13-22,30-36,38-40,46H,7-12,23-25H2,1-6H3/t30-,31-,32-,33+,34+,35-,36+,38-,39-,40+/m1/s1. The van der Waals surface area contributed by atoms with Crippen LogP contribution < -0.4 is 9.47 Å². The number of nitrogens with one attached hydrogen (secondary N) is 1. The first-order valence-corrected chi connectivity index (χ1v) is 24.6. The van der Waals surface area contributed by atoms with Crippen LogP contribution in [0, 0.1) is 5.41 Å². The fourth-order valence-electron chi connectivity index (χ4n) is 7.40. The maximum atomic E-state index is 13.8. The Morgan fingerprint density at radius 2 is 1.24 bits per heavy atom. The highest BCUT2D eigenvalue weighted by Crippen LogP contribution is 2.40. The van der Waals surface area contributed by atoms with Gasteiger partial charge in [0.2, 0.25) is 24.6 Å². The van der Waals surface area contributed by atoms with E-state index in [4.69, 9.17) is 87.3 Å². The number of ether oxygens (including phenoxy) is 9. The zero-order valence-electron chi connectivity index (χ0n) is 36.2. The van der Waals surface area contributed by atoms with Gasteiger partial charge in [-0.1, -0.05) is 136 Å². The van der Waals surface area contributed by atoms with Gasteiger partial charge < -0.3 is 47.1 Å². The second kappa shape index (κ2) is 25.0. The zero-order valence-corrected chi connectivity index (χ0v) is 39.5. The molecule has 348 valence electrons. The summed E-state index contributed by atoms with van der Waals surface area (Å²) in [5.41, 5.74) is 10.2. The molecule has 2 saturated heterocycles. The Morgan fingerprint density at radius 3 is 1.70 bits per heavy atom. The first kappa shape index (κ1) is 51.8. The number of halogens is 3. The Hall–Kier alpha value is -3.84. The van der Waals surface area contributed by atoms with E-state index in [2.05, 4.69) is 30.8 Å². The number of azide groups is 1. The molecule has 63 heavy (non-hydrogen) atoms. The van der Waals surface area contributed by atoms with E-state index < -0.39 is 97.5 Å². The molecule has 0 aliphatic carbocycles. The topological polar surface area (TPSA) is 216 Å². The minimum atomic E-state index is -2.70. The summed E-state index contributed by atoms with van der Waals surface area (Å²) < 4.78 is 59.6. The molecule has 0 amide bonds. The van der Waals surface area contributed by atoms with E-state index in [1.807, 2.05) is 0 Å². The number of alkyl halides is 3. The summed E-state index contributed by atoms with van der Waals surface area (Å²) in [6.45, 7) is 8.65. The van der Waals surface area contributed by atoms with Crippen LogP contribution in [-0.4, -0.2) is 105 Å². The molecule has 0 saturated carbocycles. The van der Waals surface area contributed by atoms with Crippen LogP contribution in [0.4, 0.5) is 0 Å². The number of nitrogens with zero attached hydrogens (tertiary/aromatic N) is 3. The molecule has 0 bridgehead atoms. The molecule has 0 radical (unpaired) electrons. The molecule has 2 aromatic rings. The Morgan fingerprint density at radius 1 is 0.730 bits per heavy atom. The summed E-state index contributed by atoms with van der Waals surface area (Å²) in [5.74, 6) is -2.99. The van der Waals surface area contributed by atoms with Crippen LogP contribution in [0.15, 0.2) is 65.8 Å². The van der Waals surface area contributed by atoms with Crippen LogP contribution in [0.3, 0.4) is 0 Å². The van der Waals surface area contributed by atoms with Crippen molar-refractivity contribution < 1.29 is 61.4 Å². The summed E-state index contributed by atoms with van der Waals surface area (Å²) in [6.07, 6.45) is -8.66. The van der Waals surface area contributed by atoms with Gasteiger partial charge in [-0.15, -0.1) is 0 Å². The molecule has 17 nitrogen and oxygen atoms in total. The quantitative estimate of drug-likeness (QED) is 0.0134. The Kier molecular flexibility index (Phi) is 20.6. The fraction of sp³-hybridized carbons (Fsp3) is 0.619. The van der Waals surface area contributed by atoms with Crippen LogP contribution in [0.1, 0.15) is 73.1 Å². The number of hydrogen-bond donors (Lipinski definition) is 1. The first-order valence-electron chi connectivity index (χ1n) is 21.0. The molecule has 2 aliphatic heterocycles. The maximum absolute atomic E-state index is 13.8. The van der Waals surface area contributed by atoms with E-state index in [0.717, 1.165) is 70.7 Å². The van der Waals surface area contributed by atoms with Crippen molar-refractivity contribution in [1.82, 2.24) is 0 Å². The Labute approximate surface area is 383 Å². The van der Waals surface area contributed by atoms with E-state index in [0.29, 0.717) is 5.75 Å². The van der Waals surface area contributed by atoms with Crippen molar-refractivity contribution in [2.75, 3.05) is 7.11 Å². The highest BCUT2D eigenvalue weighted by molar-refractivity contribution is 6.76. The monoisotopic (exact) mass is 958 g/mol. The predicted molar refractivity (Wildman–Crippen MR) is 235 cm³/mol. The molecule has 2 heterocycles. The second-order valence-electron chi connectivity index (χ2n) is 15.1. The Balaban J connectivity index is 1.93. The molecule has 21 heteroatoms. The third-order valence-corrected chi connectivity index (χ3v) is 15.4. The van der Waals surface area contributed by atoms with Crippen molar-refractivity contribution in [2.45, 2.75) is 157 Å². The van der Waals surface area contributed by atoms with Crippen LogP contribution in [0.25, 0.3) is 10.4 Å². The lowest BCUT2D eigenvalue weighted by atomic mass is 9.96. The third-order valence-electron chi connectivity index (χ3n) is 10.3. The molecule has 0 unspecified atom stereocenters. The van der Waals surface area contributed by atoms with Crippen molar-refractivity contribution in [2.24, 2.45) is 5.11 Å². The lowest BCUT2D eigenvalue weighted by Crippen LogP contribution is -2.68. The van der Waals surface area contributed by atoms with Gasteiger partial charge in [-0.3, -0.25) is 15.0 Å². The van der Waals surface area contributed by atoms with Crippen LogP contribution >= 0.6 is 34.8 Å². The SMILES string of the molecule is CCCC[Si](CCCC)(CCCC)O[C@@H]1[C@@H](OC(C)=O)O[C@@H](O[C@@H]2[C@H](Oc3ccccc3)[C@@H](OC(C)=O)[C@@H](OC(=N)C(Cl)(Cl)Cl)O[C@@H]2C(=O)OC)[C@H](N=[N+]=[N-])[C@H]1Oc1ccccc1. The predicted octanol–water partition coefficient (Wildman–Crippen LogP) is 9.12. The summed E-state index contributed by atoms with van der Waals surface area (Å²) in [5, 5.41) is 12.5. The van der Waals surface area contributed by atoms with E-state index in [9.17, 15) is 19.9 Å². The third kappa shape index (κ3) is 14.8. The lowest BCUT2D eigenvalue weighted by Gasteiger charge is -2.49. The van der Waals surface area contributed by atoms with Crippen molar-refractivity contribution in [1.29, 1.82) is 5.41 Å². The zero-order chi connectivity index (χ0) is 46.2. The van der Waals surface area contributed by atoms with Gasteiger partial charge in [0.25, 0.3) is 3.79 Å². The van der Waals surface area contributed by atoms with E-state index in [1.165, 1.54) is 6.92 Å². The number of para-hydroxylation sites is 2. The second-order valence-corrected chi connectivity index (χ2v) is 21.5. The molecule has 2 aromatic carbocycles. The number of carbonyl (C=O) groups excluding carboxylic acids is 3. The van der Waals surface area contributed by atoms with Crippen molar-refractivity contribution in [3.63, 3.8) is 0 Å². The van der Waals surface area contributed by atoms with Crippen molar-refractivity contribution in [3.8, 4) is 11.5 Å². The van der Waals surface area contributed by atoms with Gasteiger partial charge in [0, 0.05) is 18.8 Å². The van der Waals surface area contributed by atoms with E-state index >= 15 is 0 Å². The lowest BCUT2D eigenvalue weighted by molar-refractivity contribution is -0.348. The number of methoxy groups -OCH3 is 1. The normalized spacial score (nSPS) is 26.0. The van der Waals surface area contributed by atoms with Crippen molar-refractivity contribution in [3.05, 3.63) is 71.1 Å². The number of carbonyl (C=O) groups is 3. The highest BCUT2D eigenvalue weighted by Gasteiger charge is 2.59. The number of unbranched alkanes of at least 4 members (excludes halogenated alkanes) is 3. The molecule has 1 N–H and O–H groups in total. The van der Waals surface area contributed by atoms with Crippen molar-refractivity contribution >= 4 is 66.9 Å². The van der Waals surface area contributed by atoms with E-state index in [-0.39, 0.29) is 5.75 Å². The fourth-order valence-corrected chi connectivity index (χ4v) is 12.5. The number of benzene rings is 2. The highest BCUT2D eigenvalue weighted by atomic mass is 35.6. The molecule has 4 rings (SSSR count). The van der Waals surface area contributed by atoms with Crippen LogP contribution in [0.5, 0.6) is 11.5 Å².